The van der Waals surface area contributed by atoms with Gasteiger partial charge >= 0.3 is 12.2 Å². The summed E-state index contributed by atoms with van der Waals surface area (Å²) >= 11 is 1.39. The fraction of sp³-hybridized carbons (Fsp3) is 0.368. The third-order valence-corrected chi connectivity index (χ3v) is 6.20. The molecule has 0 unspecified atom stereocenters. The second kappa shape index (κ2) is 7.12. The number of likely N-dealkylation sites (tertiary alicyclic amines) is 1. The van der Waals surface area contributed by atoms with Crippen LogP contribution in [0.1, 0.15) is 28.1 Å². The van der Waals surface area contributed by atoms with Gasteiger partial charge in [0, 0.05) is 24.3 Å². The van der Waals surface area contributed by atoms with Crippen LogP contribution in [-0.2, 0) is 6.18 Å². The molecule has 2 aromatic rings. The van der Waals surface area contributed by atoms with Gasteiger partial charge in [-0.3, -0.25) is 4.79 Å². The minimum absolute atomic E-state index is 0.0214. The van der Waals surface area contributed by atoms with Crippen LogP contribution in [0, 0.1) is 5.92 Å². The average Bonchev–Trinajstić information content (AvgIpc) is 3.38. The van der Waals surface area contributed by atoms with Crippen LogP contribution in [0.3, 0.4) is 0 Å². The fourth-order valence-electron chi connectivity index (χ4n) is 3.96. The van der Waals surface area contributed by atoms with E-state index in [2.05, 4.69) is 10.6 Å². The second-order valence-corrected chi connectivity index (χ2v) is 8.05. The predicted octanol–water partition coefficient (Wildman–Crippen LogP) is 4.19. The minimum atomic E-state index is -4.40. The first-order chi connectivity index (χ1) is 13.3. The van der Waals surface area contributed by atoms with Gasteiger partial charge in [-0.2, -0.15) is 13.2 Å². The maximum Gasteiger partial charge on any atom is 0.416 e. The molecule has 2 aliphatic rings. The number of hydrogen-bond donors (Lipinski definition) is 2. The number of piperidine rings is 1. The van der Waals surface area contributed by atoms with Crippen LogP contribution < -0.4 is 10.6 Å². The standard InChI is InChI=1S/C19H18F3N3O2S/c20-19(21,22)12-3-5-13(6-4-12)23-18(27)25-10-11-8-14(25)9-15(11)24-17(26)16-2-1-7-28-16/h1-7,11,14-15H,8-10H2,(H,23,27)(H,24,26)/t11-,14-,15-/m0/s1. The molecule has 1 aromatic heterocycles. The van der Waals surface area contributed by atoms with E-state index in [0.717, 1.165) is 18.6 Å². The van der Waals surface area contributed by atoms with Crippen LogP contribution in [0.5, 0.6) is 0 Å². The highest BCUT2D eigenvalue weighted by Crippen LogP contribution is 2.38. The summed E-state index contributed by atoms with van der Waals surface area (Å²) in [4.78, 5) is 27.1. The number of urea groups is 1. The molecular formula is C19H18F3N3O2S. The molecular weight excluding hydrogens is 391 g/mol. The Balaban J connectivity index is 1.32. The zero-order valence-corrected chi connectivity index (χ0v) is 15.5. The lowest BCUT2D eigenvalue weighted by atomic mass is 10.0. The number of thiophene rings is 1. The van der Waals surface area contributed by atoms with Crippen molar-refractivity contribution >= 4 is 29.0 Å². The number of hydrogen-bond acceptors (Lipinski definition) is 3. The summed E-state index contributed by atoms with van der Waals surface area (Å²) < 4.78 is 37.9. The van der Waals surface area contributed by atoms with Crippen LogP contribution in [0.4, 0.5) is 23.7 Å². The lowest BCUT2D eigenvalue weighted by Gasteiger charge is -2.32. The Bertz CT molecular complexity index is 868. The van der Waals surface area contributed by atoms with E-state index < -0.39 is 11.7 Å². The van der Waals surface area contributed by atoms with Crippen molar-refractivity contribution < 1.29 is 22.8 Å². The summed E-state index contributed by atoms with van der Waals surface area (Å²) in [5.74, 6) is 0.0978. The summed E-state index contributed by atoms with van der Waals surface area (Å²) in [6, 6.07) is 7.73. The molecule has 9 heteroatoms. The minimum Gasteiger partial charge on any atom is -0.348 e. The van der Waals surface area contributed by atoms with Gasteiger partial charge in [0.2, 0.25) is 0 Å². The van der Waals surface area contributed by atoms with E-state index in [1.165, 1.54) is 23.5 Å². The SMILES string of the molecule is O=C(N[C@H]1C[C@@H]2C[C@H]1CN2C(=O)Nc1ccc(C(F)(F)F)cc1)c1cccs1. The number of nitrogens with one attached hydrogen (secondary N) is 2. The molecule has 0 radical (unpaired) electrons. The van der Waals surface area contributed by atoms with Crippen molar-refractivity contribution in [2.75, 3.05) is 11.9 Å². The molecule has 28 heavy (non-hydrogen) atoms. The highest BCUT2D eigenvalue weighted by Gasteiger charge is 2.47. The third-order valence-electron chi connectivity index (χ3n) is 5.33. The molecule has 1 aromatic carbocycles. The zero-order chi connectivity index (χ0) is 19.9. The van der Waals surface area contributed by atoms with Crippen LogP contribution in [-0.4, -0.2) is 35.5 Å². The predicted molar refractivity (Wildman–Crippen MR) is 99.3 cm³/mol. The van der Waals surface area contributed by atoms with E-state index >= 15 is 0 Å². The normalized spacial score (nSPS) is 23.7. The molecule has 0 spiro atoms. The summed E-state index contributed by atoms with van der Waals surface area (Å²) in [6.45, 7) is 0.520. The van der Waals surface area contributed by atoms with Crippen LogP contribution in [0.15, 0.2) is 41.8 Å². The molecule has 1 saturated carbocycles. The van der Waals surface area contributed by atoms with Gasteiger partial charge in [0.15, 0.2) is 0 Å². The largest absolute Gasteiger partial charge is 0.416 e. The van der Waals surface area contributed by atoms with Crippen molar-refractivity contribution in [3.05, 3.63) is 52.2 Å². The molecule has 2 N–H and O–H groups in total. The Kier molecular flexibility index (Phi) is 4.78. The highest BCUT2D eigenvalue weighted by molar-refractivity contribution is 7.12. The maximum atomic E-state index is 12.6. The maximum absolute atomic E-state index is 12.6. The molecule has 5 nitrogen and oxygen atoms in total. The average molecular weight is 409 g/mol. The Morgan fingerprint density at radius 2 is 1.86 bits per heavy atom. The summed E-state index contributed by atoms with van der Waals surface area (Å²) in [7, 11) is 0. The molecule has 3 amide bonds. The first kappa shape index (κ1) is 18.8. The van der Waals surface area contributed by atoms with Crippen molar-refractivity contribution in [2.45, 2.75) is 31.1 Å². The van der Waals surface area contributed by atoms with Crippen LogP contribution in [0.25, 0.3) is 0 Å². The van der Waals surface area contributed by atoms with Crippen molar-refractivity contribution in [3.8, 4) is 0 Å². The van der Waals surface area contributed by atoms with Gasteiger partial charge < -0.3 is 15.5 Å². The lowest BCUT2D eigenvalue weighted by Crippen LogP contribution is -2.48. The highest BCUT2D eigenvalue weighted by atomic mass is 32.1. The fourth-order valence-corrected chi connectivity index (χ4v) is 4.59. The van der Waals surface area contributed by atoms with Gasteiger partial charge in [0.25, 0.3) is 5.91 Å². The number of amides is 3. The van der Waals surface area contributed by atoms with Crippen molar-refractivity contribution in [1.29, 1.82) is 0 Å². The summed E-state index contributed by atoms with van der Waals surface area (Å²) in [5, 5.41) is 7.56. The van der Waals surface area contributed by atoms with E-state index in [4.69, 9.17) is 0 Å². The number of rotatable bonds is 3. The topological polar surface area (TPSA) is 61.4 Å². The van der Waals surface area contributed by atoms with Gasteiger partial charge in [-0.1, -0.05) is 6.07 Å². The van der Waals surface area contributed by atoms with Gasteiger partial charge in [-0.15, -0.1) is 11.3 Å². The number of alkyl halides is 3. The van der Waals surface area contributed by atoms with Gasteiger partial charge in [0.1, 0.15) is 0 Å². The van der Waals surface area contributed by atoms with E-state index in [1.807, 2.05) is 11.4 Å². The number of carbonyl (C=O) groups is 2. The number of halogens is 3. The molecule has 1 aliphatic heterocycles. The Labute approximate surface area is 163 Å². The van der Waals surface area contributed by atoms with Gasteiger partial charge in [0.05, 0.1) is 10.4 Å². The number of anilines is 1. The van der Waals surface area contributed by atoms with Gasteiger partial charge in [-0.25, -0.2) is 4.79 Å². The molecule has 3 atom stereocenters. The first-order valence-corrected chi connectivity index (χ1v) is 9.78. The van der Waals surface area contributed by atoms with Gasteiger partial charge in [-0.05, 0) is 54.5 Å². The van der Waals surface area contributed by atoms with E-state index in [-0.39, 0.29) is 29.9 Å². The molecule has 1 saturated heterocycles. The smallest absolute Gasteiger partial charge is 0.348 e. The lowest BCUT2D eigenvalue weighted by molar-refractivity contribution is -0.137. The Morgan fingerprint density at radius 3 is 2.43 bits per heavy atom. The number of benzene rings is 1. The van der Waals surface area contributed by atoms with Crippen LogP contribution in [0.2, 0.25) is 0 Å². The molecule has 2 fully saturated rings. The molecule has 148 valence electrons. The Hall–Kier alpha value is -2.55. The zero-order valence-electron chi connectivity index (χ0n) is 14.7. The second-order valence-electron chi connectivity index (χ2n) is 7.10. The molecule has 4 rings (SSSR count). The van der Waals surface area contributed by atoms with Crippen LogP contribution >= 0.6 is 11.3 Å². The third kappa shape index (κ3) is 3.71. The molecule has 2 bridgehead atoms. The number of carbonyl (C=O) groups excluding carboxylic acids is 2. The van der Waals surface area contributed by atoms with E-state index in [1.54, 1.807) is 11.0 Å². The number of nitrogens with zero attached hydrogens (tertiary/aromatic N) is 1. The van der Waals surface area contributed by atoms with E-state index in [0.29, 0.717) is 23.5 Å². The van der Waals surface area contributed by atoms with E-state index in [9.17, 15) is 22.8 Å². The number of fused-ring (bicyclic) bond motifs is 2. The van der Waals surface area contributed by atoms with Crippen molar-refractivity contribution in [1.82, 2.24) is 10.2 Å². The van der Waals surface area contributed by atoms with Crippen molar-refractivity contribution in [2.24, 2.45) is 5.92 Å². The molecule has 1 aliphatic carbocycles. The Morgan fingerprint density at radius 1 is 1.11 bits per heavy atom. The molecule has 2 heterocycles. The first-order valence-electron chi connectivity index (χ1n) is 8.90. The summed E-state index contributed by atoms with van der Waals surface area (Å²) in [6.07, 6.45) is -2.91. The quantitative estimate of drug-likeness (QED) is 0.799. The van der Waals surface area contributed by atoms with Crippen molar-refractivity contribution in [3.63, 3.8) is 0 Å². The monoisotopic (exact) mass is 409 g/mol. The summed E-state index contributed by atoms with van der Waals surface area (Å²) in [5.41, 5.74) is -0.432.